The van der Waals surface area contributed by atoms with Crippen molar-refractivity contribution in [3.05, 3.63) is 60.3 Å². The van der Waals surface area contributed by atoms with Crippen LogP contribution in [-0.2, 0) is 19.1 Å². The van der Waals surface area contributed by atoms with Crippen LogP contribution in [0.15, 0.2) is 48.9 Å². The number of ether oxygens (including phenoxy) is 2. The van der Waals surface area contributed by atoms with Crippen LogP contribution in [0, 0.1) is 0 Å². The highest BCUT2D eigenvalue weighted by Crippen LogP contribution is 2.31. The molecule has 1 unspecified atom stereocenters. The summed E-state index contributed by atoms with van der Waals surface area (Å²) in [6, 6.07) is 8.86. The number of amides is 4. The average molecular weight is 648 g/mol. The molecule has 15 nitrogen and oxygen atoms in total. The molecule has 2 saturated heterocycles. The van der Waals surface area contributed by atoms with Gasteiger partial charge in [-0.25, -0.2) is 19.7 Å². The monoisotopic (exact) mass is 647 g/mol. The van der Waals surface area contributed by atoms with Crippen LogP contribution in [-0.4, -0.2) is 117 Å². The number of hydrogen-bond donors (Lipinski definition) is 2. The molecule has 0 spiro atoms. The van der Waals surface area contributed by atoms with E-state index in [-0.39, 0.29) is 75.6 Å². The molecule has 2 aromatic heterocycles. The van der Waals surface area contributed by atoms with Gasteiger partial charge in [-0.05, 0) is 44.4 Å². The van der Waals surface area contributed by atoms with E-state index in [9.17, 15) is 29.1 Å². The standard InChI is InChI=1S/C32H37N7O8/c1-2-46-32(45)38-16-14-37(15-17-38)31(44)24(9-10-29(41)42)36-30(43)25-18-27(21-6-3-4-7-22(21)35-25)47-19-28(40)39-13-5-8-26(39)23-11-12-33-20-34-23/h3-4,6-7,11-12,18,20,24,26H,2,5,8-10,13-17,19H2,1H3,(H,36,43)(H,41,42)/t24-,26?/m0/s1. The van der Waals surface area contributed by atoms with Crippen molar-refractivity contribution >= 4 is 40.7 Å². The summed E-state index contributed by atoms with van der Waals surface area (Å²) in [6.07, 6.45) is 3.72. The lowest BCUT2D eigenvalue weighted by molar-refractivity contribution is -0.138. The Bertz CT molecular complexity index is 1610. The van der Waals surface area contributed by atoms with Crippen molar-refractivity contribution < 1.29 is 38.6 Å². The van der Waals surface area contributed by atoms with Crippen molar-refractivity contribution in [3.8, 4) is 5.75 Å². The summed E-state index contributed by atoms with van der Waals surface area (Å²) in [5.41, 5.74) is 1.13. The van der Waals surface area contributed by atoms with Gasteiger partial charge in [0.2, 0.25) is 5.91 Å². The maximum Gasteiger partial charge on any atom is 0.409 e. The van der Waals surface area contributed by atoms with E-state index in [1.807, 2.05) is 0 Å². The van der Waals surface area contributed by atoms with Crippen LogP contribution in [0.2, 0.25) is 0 Å². The van der Waals surface area contributed by atoms with Crippen molar-refractivity contribution in [2.75, 3.05) is 45.9 Å². The van der Waals surface area contributed by atoms with Gasteiger partial charge < -0.3 is 34.6 Å². The zero-order valence-corrected chi connectivity index (χ0v) is 26.0. The van der Waals surface area contributed by atoms with E-state index in [4.69, 9.17) is 9.47 Å². The van der Waals surface area contributed by atoms with Crippen LogP contribution in [0.4, 0.5) is 4.79 Å². The lowest BCUT2D eigenvalue weighted by Crippen LogP contribution is -2.56. The molecule has 0 saturated carbocycles. The number of nitrogens with zero attached hydrogens (tertiary/aromatic N) is 6. The quantitative estimate of drug-likeness (QED) is 0.310. The summed E-state index contributed by atoms with van der Waals surface area (Å²) in [4.78, 5) is 81.2. The molecule has 0 radical (unpaired) electrons. The molecule has 47 heavy (non-hydrogen) atoms. The van der Waals surface area contributed by atoms with E-state index in [2.05, 4.69) is 20.3 Å². The molecule has 2 atom stereocenters. The Morgan fingerprint density at radius 3 is 2.53 bits per heavy atom. The van der Waals surface area contributed by atoms with E-state index in [0.717, 1.165) is 18.5 Å². The van der Waals surface area contributed by atoms with Gasteiger partial charge >= 0.3 is 12.1 Å². The largest absolute Gasteiger partial charge is 0.483 e. The average Bonchev–Trinajstić information content (AvgIpc) is 3.59. The first kappa shape index (κ1) is 33.0. The second-order valence-electron chi connectivity index (χ2n) is 11.2. The lowest BCUT2D eigenvalue weighted by atomic mass is 10.1. The number of fused-ring (bicyclic) bond motifs is 1. The van der Waals surface area contributed by atoms with Crippen molar-refractivity contribution in [2.24, 2.45) is 0 Å². The molecule has 4 heterocycles. The number of carboxylic acids is 1. The third kappa shape index (κ3) is 8.09. The fourth-order valence-corrected chi connectivity index (χ4v) is 5.77. The Morgan fingerprint density at radius 2 is 1.81 bits per heavy atom. The lowest BCUT2D eigenvalue weighted by Gasteiger charge is -2.35. The molecule has 2 aliphatic rings. The molecule has 0 bridgehead atoms. The van der Waals surface area contributed by atoms with Gasteiger partial charge in [-0.3, -0.25) is 19.2 Å². The number of benzene rings is 1. The van der Waals surface area contributed by atoms with Crippen molar-refractivity contribution in [2.45, 2.75) is 44.7 Å². The Morgan fingerprint density at radius 1 is 1.04 bits per heavy atom. The number of carbonyl (C=O) groups excluding carboxylic acids is 4. The Labute approximate surface area is 270 Å². The van der Waals surface area contributed by atoms with E-state index in [0.29, 0.717) is 17.4 Å². The second-order valence-corrected chi connectivity index (χ2v) is 11.2. The second kappa shape index (κ2) is 15.3. The summed E-state index contributed by atoms with van der Waals surface area (Å²) in [6.45, 7) is 3.10. The van der Waals surface area contributed by atoms with Crippen molar-refractivity contribution in [3.63, 3.8) is 0 Å². The maximum atomic E-state index is 13.5. The highest BCUT2D eigenvalue weighted by atomic mass is 16.6. The van der Waals surface area contributed by atoms with Gasteiger partial charge in [-0.1, -0.05) is 12.1 Å². The van der Waals surface area contributed by atoms with Crippen LogP contribution in [0.5, 0.6) is 5.75 Å². The molecule has 248 valence electrons. The molecular weight excluding hydrogens is 610 g/mol. The first-order valence-corrected chi connectivity index (χ1v) is 15.6. The predicted molar refractivity (Wildman–Crippen MR) is 166 cm³/mol. The number of carbonyl (C=O) groups is 5. The van der Waals surface area contributed by atoms with Gasteiger partial charge in [-0.15, -0.1) is 0 Å². The molecule has 3 aromatic rings. The molecule has 4 amide bonds. The minimum Gasteiger partial charge on any atom is -0.483 e. The van der Waals surface area contributed by atoms with Crippen LogP contribution in [0.25, 0.3) is 10.9 Å². The number of pyridine rings is 1. The van der Waals surface area contributed by atoms with Gasteiger partial charge in [-0.2, -0.15) is 0 Å². The summed E-state index contributed by atoms with van der Waals surface area (Å²) in [5, 5.41) is 12.6. The summed E-state index contributed by atoms with van der Waals surface area (Å²) < 4.78 is 11.0. The summed E-state index contributed by atoms with van der Waals surface area (Å²) >= 11 is 0. The number of nitrogens with one attached hydrogen (secondary N) is 1. The highest BCUT2D eigenvalue weighted by molar-refractivity contribution is 5.99. The number of para-hydroxylation sites is 1. The normalized spacial score (nSPS) is 16.9. The molecule has 15 heteroatoms. The highest BCUT2D eigenvalue weighted by Gasteiger charge is 2.33. The fourth-order valence-electron chi connectivity index (χ4n) is 5.77. The smallest absolute Gasteiger partial charge is 0.409 e. The predicted octanol–water partition coefficient (Wildman–Crippen LogP) is 2.03. The molecular formula is C32H37N7O8. The zero-order valence-electron chi connectivity index (χ0n) is 26.0. The minimum absolute atomic E-state index is 0.0635. The first-order chi connectivity index (χ1) is 22.7. The summed E-state index contributed by atoms with van der Waals surface area (Å²) in [5.74, 6) is -2.26. The minimum atomic E-state index is -1.15. The van der Waals surface area contributed by atoms with Crippen LogP contribution >= 0.6 is 0 Å². The molecule has 0 aliphatic carbocycles. The number of piperazine rings is 1. The van der Waals surface area contributed by atoms with E-state index < -0.39 is 29.9 Å². The number of rotatable bonds is 11. The number of aromatic nitrogens is 3. The number of hydrogen-bond acceptors (Lipinski definition) is 10. The Hall–Kier alpha value is -5.34. The number of carboxylic acid groups (broad SMARTS) is 1. The number of aliphatic carboxylic acids is 1. The topological polar surface area (TPSA) is 184 Å². The van der Waals surface area contributed by atoms with Gasteiger partial charge in [0.1, 0.15) is 23.8 Å². The third-order valence-electron chi connectivity index (χ3n) is 8.15. The number of likely N-dealkylation sites (tertiary alicyclic amines) is 1. The van der Waals surface area contributed by atoms with Gasteiger partial charge in [0.15, 0.2) is 6.61 Å². The van der Waals surface area contributed by atoms with Crippen molar-refractivity contribution in [1.29, 1.82) is 0 Å². The summed E-state index contributed by atoms with van der Waals surface area (Å²) in [7, 11) is 0. The van der Waals surface area contributed by atoms with Crippen LogP contribution in [0.1, 0.15) is 54.8 Å². The molecule has 2 N–H and O–H groups in total. The molecule has 2 fully saturated rings. The van der Waals surface area contributed by atoms with Gasteiger partial charge in [0, 0.05) is 56.8 Å². The van der Waals surface area contributed by atoms with E-state index in [1.54, 1.807) is 48.4 Å². The third-order valence-corrected chi connectivity index (χ3v) is 8.15. The van der Waals surface area contributed by atoms with E-state index in [1.165, 1.54) is 22.2 Å². The van der Waals surface area contributed by atoms with Gasteiger partial charge in [0.05, 0.1) is 23.9 Å². The first-order valence-electron chi connectivity index (χ1n) is 15.6. The maximum absolute atomic E-state index is 13.5. The Balaban J connectivity index is 1.30. The molecule has 2 aliphatic heterocycles. The van der Waals surface area contributed by atoms with Gasteiger partial charge in [0.25, 0.3) is 11.8 Å². The SMILES string of the molecule is CCOC(=O)N1CCN(C(=O)[C@H](CCC(=O)O)NC(=O)c2cc(OCC(=O)N3CCCC3c3ccncn3)c3ccccc3n2)CC1. The van der Waals surface area contributed by atoms with E-state index >= 15 is 0 Å². The Kier molecular flexibility index (Phi) is 10.8. The van der Waals surface area contributed by atoms with Crippen LogP contribution in [0.3, 0.4) is 0 Å². The molecule has 5 rings (SSSR count). The van der Waals surface area contributed by atoms with Crippen LogP contribution < -0.4 is 10.1 Å². The van der Waals surface area contributed by atoms with Crippen molar-refractivity contribution in [1.82, 2.24) is 35.0 Å². The zero-order chi connectivity index (χ0) is 33.3. The molecule has 1 aromatic carbocycles. The fraction of sp³-hybridized carbons (Fsp3) is 0.438.